The molecule has 21 heavy (non-hydrogen) atoms. The van der Waals surface area contributed by atoms with Gasteiger partial charge in [-0.3, -0.25) is 9.59 Å². The first kappa shape index (κ1) is 15.9. The number of carboxylic acid groups (broad SMARTS) is 1. The van der Waals surface area contributed by atoms with E-state index < -0.39 is 11.9 Å². The molecule has 0 aromatic heterocycles. The summed E-state index contributed by atoms with van der Waals surface area (Å²) in [6.07, 6.45) is 3.73. The molecule has 1 aliphatic heterocycles. The van der Waals surface area contributed by atoms with E-state index in [4.69, 9.17) is 0 Å². The van der Waals surface area contributed by atoms with Crippen LogP contribution in [0.15, 0.2) is 29.2 Å². The standard InChI is InChI=1S/C16H21NO3S/c1-3-6-11-9-17(10-13(11)16(19)20)15(18)12-7-4-5-8-14(12)21-2/h4-5,7-8,11,13H,3,6,9-10H2,1-2H3,(H,19,20). The molecule has 0 radical (unpaired) electrons. The van der Waals surface area contributed by atoms with Crippen LogP contribution in [0.3, 0.4) is 0 Å². The van der Waals surface area contributed by atoms with Crippen LogP contribution in [0.1, 0.15) is 30.1 Å². The van der Waals surface area contributed by atoms with Crippen molar-refractivity contribution in [3.05, 3.63) is 29.8 Å². The zero-order valence-corrected chi connectivity index (χ0v) is 13.2. The molecule has 1 amide bonds. The van der Waals surface area contributed by atoms with Gasteiger partial charge in [0.1, 0.15) is 0 Å². The third kappa shape index (κ3) is 3.40. The molecule has 114 valence electrons. The summed E-state index contributed by atoms with van der Waals surface area (Å²) in [7, 11) is 0. The average Bonchev–Trinajstić information content (AvgIpc) is 2.91. The van der Waals surface area contributed by atoms with Gasteiger partial charge < -0.3 is 10.0 Å². The maximum absolute atomic E-state index is 12.7. The minimum Gasteiger partial charge on any atom is -0.481 e. The third-order valence-corrected chi connectivity index (χ3v) is 4.84. The lowest BCUT2D eigenvalue weighted by Gasteiger charge is -2.17. The summed E-state index contributed by atoms with van der Waals surface area (Å²) in [6.45, 7) is 2.92. The highest BCUT2D eigenvalue weighted by Crippen LogP contribution is 2.30. The fourth-order valence-electron chi connectivity index (χ4n) is 2.97. The van der Waals surface area contributed by atoms with Crippen molar-refractivity contribution in [2.24, 2.45) is 11.8 Å². The van der Waals surface area contributed by atoms with Gasteiger partial charge in [0, 0.05) is 18.0 Å². The number of thioether (sulfide) groups is 1. The van der Waals surface area contributed by atoms with Crippen molar-refractivity contribution in [1.82, 2.24) is 4.90 Å². The Morgan fingerprint density at radius 3 is 2.67 bits per heavy atom. The Kier molecular flexibility index (Phi) is 5.28. The first-order valence-corrected chi connectivity index (χ1v) is 8.46. The van der Waals surface area contributed by atoms with Crippen molar-refractivity contribution in [2.45, 2.75) is 24.7 Å². The van der Waals surface area contributed by atoms with E-state index >= 15 is 0 Å². The number of carbonyl (C=O) groups excluding carboxylic acids is 1. The second-order valence-electron chi connectivity index (χ2n) is 5.40. The molecular formula is C16H21NO3S. The highest BCUT2D eigenvalue weighted by Gasteiger charge is 2.39. The summed E-state index contributed by atoms with van der Waals surface area (Å²) in [6, 6.07) is 7.50. The van der Waals surface area contributed by atoms with Crippen LogP contribution in [-0.4, -0.2) is 41.2 Å². The van der Waals surface area contributed by atoms with E-state index in [0.717, 1.165) is 17.7 Å². The first-order valence-electron chi connectivity index (χ1n) is 7.23. The Hall–Kier alpha value is -1.49. The molecule has 1 fully saturated rings. The predicted octanol–water partition coefficient (Wildman–Crippen LogP) is 2.98. The lowest BCUT2D eigenvalue weighted by atomic mass is 9.92. The molecule has 2 rings (SSSR count). The first-order chi connectivity index (χ1) is 10.1. The number of nitrogens with zero attached hydrogens (tertiary/aromatic N) is 1. The molecular weight excluding hydrogens is 286 g/mol. The Balaban J connectivity index is 2.19. The molecule has 0 aliphatic carbocycles. The molecule has 4 nitrogen and oxygen atoms in total. The second kappa shape index (κ2) is 6.98. The number of benzene rings is 1. The fourth-order valence-corrected chi connectivity index (χ4v) is 3.56. The van der Waals surface area contributed by atoms with Gasteiger partial charge in [0.05, 0.1) is 11.5 Å². The highest BCUT2D eigenvalue weighted by molar-refractivity contribution is 7.98. The number of rotatable bonds is 5. The summed E-state index contributed by atoms with van der Waals surface area (Å²) in [4.78, 5) is 26.7. The molecule has 1 aromatic carbocycles. The lowest BCUT2D eigenvalue weighted by Crippen LogP contribution is -2.30. The van der Waals surface area contributed by atoms with Crippen molar-refractivity contribution in [3.63, 3.8) is 0 Å². The largest absolute Gasteiger partial charge is 0.481 e. The normalized spacial score (nSPS) is 21.5. The summed E-state index contributed by atoms with van der Waals surface area (Å²) in [5.41, 5.74) is 0.672. The molecule has 2 atom stereocenters. The van der Waals surface area contributed by atoms with Crippen LogP contribution >= 0.6 is 11.8 Å². The van der Waals surface area contributed by atoms with E-state index in [0.29, 0.717) is 18.7 Å². The van der Waals surface area contributed by atoms with Gasteiger partial charge in [0.2, 0.25) is 0 Å². The van der Waals surface area contributed by atoms with Gasteiger partial charge in [-0.25, -0.2) is 0 Å². The van der Waals surface area contributed by atoms with Crippen LogP contribution in [0.2, 0.25) is 0 Å². The summed E-state index contributed by atoms with van der Waals surface area (Å²) < 4.78 is 0. The minimum atomic E-state index is -0.790. The number of carbonyl (C=O) groups is 2. The van der Waals surface area contributed by atoms with Gasteiger partial charge in [-0.05, 0) is 30.7 Å². The molecule has 1 aromatic rings. The molecule has 0 saturated carbocycles. The molecule has 5 heteroatoms. The number of hydrogen-bond acceptors (Lipinski definition) is 3. The Bertz CT molecular complexity index is 532. The summed E-state index contributed by atoms with van der Waals surface area (Å²) >= 11 is 1.54. The van der Waals surface area contributed by atoms with E-state index in [-0.39, 0.29) is 11.8 Å². The molecule has 2 unspecified atom stereocenters. The number of carboxylic acids is 1. The van der Waals surface area contributed by atoms with Crippen LogP contribution in [0.4, 0.5) is 0 Å². The van der Waals surface area contributed by atoms with E-state index in [9.17, 15) is 14.7 Å². The second-order valence-corrected chi connectivity index (χ2v) is 6.25. The van der Waals surface area contributed by atoms with Crippen LogP contribution < -0.4 is 0 Å². The monoisotopic (exact) mass is 307 g/mol. The molecule has 0 spiro atoms. The molecule has 1 heterocycles. The van der Waals surface area contributed by atoms with Gasteiger partial charge in [-0.15, -0.1) is 11.8 Å². The fraction of sp³-hybridized carbons (Fsp3) is 0.500. The topological polar surface area (TPSA) is 57.6 Å². The average molecular weight is 307 g/mol. The van der Waals surface area contributed by atoms with Gasteiger partial charge in [-0.1, -0.05) is 25.5 Å². The molecule has 0 bridgehead atoms. The van der Waals surface area contributed by atoms with E-state index in [1.807, 2.05) is 37.4 Å². The summed E-state index contributed by atoms with van der Waals surface area (Å²) in [5.74, 6) is -1.21. The predicted molar refractivity (Wildman–Crippen MR) is 83.7 cm³/mol. The van der Waals surface area contributed by atoms with E-state index in [1.165, 1.54) is 11.8 Å². The van der Waals surface area contributed by atoms with Crippen LogP contribution in [-0.2, 0) is 4.79 Å². The SMILES string of the molecule is CCCC1CN(C(=O)c2ccccc2SC)CC1C(=O)O. The highest BCUT2D eigenvalue weighted by atomic mass is 32.2. The molecule has 1 aliphatic rings. The van der Waals surface area contributed by atoms with Crippen molar-refractivity contribution in [1.29, 1.82) is 0 Å². The zero-order valence-electron chi connectivity index (χ0n) is 12.4. The third-order valence-electron chi connectivity index (χ3n) is 4.04. The number of amides is 1. The van der Waals surface area contributed by atoms with Crippen molar-refractivity contribution < 1.29 is 14.7 Å². The van der Waals surface area contributed by atoms with Crippen LogP contribution in [0.5, 0.6) is 0 Å². The minimum absolute atomic E-state index is 0.0511. The smallest absolute Gasteiger partial charge is 0.308 e. The number of likely N-dealkylation sites (tertiary alicyclic amines) is 1. The van der Waals surface area contributed by atoms with Gasteiger partial charge in [0.25, 0.3) is 5.91 Å². The lowest BCUT2D eigenvalue weighted by molar-refractivity contribution is -0.142. The Labute approximate surface area is 129 Å². The van der Waals surface area contributed by atoms with Crippen LogP contribution in [0.25, 0.3) is 0 Å². The maximum atomic E-state index is 12.7. The zero-order chi connectivity index (χ0) is 15.4. The Morgan fingerprint density at radius 1 is 1.33 bits per heavy atom. The van der Waals surface area contributed by atoms with Crippen LogP contribution in [0, 0.1) is 11.8 Å². The van der Waals surface area contributed by atoms with Crippen molar-refractivity contribution in [2.75, 3.05) is 19.3 Å². The van der Waals surface area contributed by atoms with Crippen molar-refractivity contribution in [3.8, 4) is 0 Å². The van der Waals surface area contributed by atoms with Gasteiger partial charge >= 0.3 is 5.97 Å². The van der Waals surface area contributed by atoms with E-state index in [2.05, 4.69) is 0 Å². The van der Waals surface area contributed by atoms with E-state index in [1.54, 1.807) is 4.90 Å². The number of aliphatic carboxylic acids is 1. The quantitative estimate of drug-likeness (QED) is 0.850. The van der Waals surface area contributed by atoms with Gasteiger partial charge in [-0.2, -0.15) is 0 Å². The Morgan fingerprint density at radius 2 is 2.05 bits per heavy atom. The van der Waals surface area contributed by atoms with Gasteiger partial charge in [0.15, 0.2) is 0 Å². The van der Waals surface area contributed by atoms with Crippen molar-refractivity contribution >= 4 is 23.6 Å². The number of hydrogen-bond donors (Lipinski definition) is 1. The summed E-state index contributed by atoms with van der Waals surface area (Å²) in [5, 5.41) is 9.34. The molecule has 1 saturated heterocycles. The maximum Gasteiger partial charge on any atom is 0.308 e. The molecule has 1 N–H and O–H groups in total.